The second kappa shape index (κ2) is 9.74. The van der Waals surface area contributed by atoms with E-state index in [1.807, 2.05) is 31.2 Å². The van der Waals surface area contributed by atoms with E-state index in [1.54, 1.807) is 54.1 Å². The van der Waals surface area contributed by atoms with Gasteiger partial charge < -0.3 is 9.47 Å². The number of halogens is 1. The summed E-state index contributed by atoms with van der Waals surface area (Å²) in [5.74, 6) is 1.14. The third-order valence-electron chi connectivity index (χ3n) is 5.87. The van der Waals surface area contributed by atoms with Crippen LogP contribution in [0.15, 0.2) is 71.5 Å². The van der Waals surface area contributed by atoms with E-state index in [0.717, 1.165) is 22.8 Å². The zero-order valence-corrected chi connectivity index (χ0v) is 20.3. The van der Waals surface area contributed by atoms with Crippen LogP contribution in [0.3, 0.4) is 0 Å². The minimum atomic E-state index is -0.203. The van der Waals surface area contributed by atoms with Crippen molar-refractivity contribution in [3.8, 4) is 28.4 Å². The van der Waals surface area contributed by atoms with Gasteiger partial charge in [0.15, 0.2) is 17.3 Å². The lowest BCUT2D eigenvalue weighted by Gasteiger charge is -2.20. The molecule has 0 saturated heterocycles. The first-order chi connectivity index (χ1) is 16.3. The lowest BCUT2D eigenvalue weighted by atomic mass is 10.0. The molecule has 174 valence electrons. The number of benzene rings is 3. The van der Waals surface area contributed by atoms with Gasteiger partial charge >= 0.3 is 0 Å². The van der Waals surface area contributed by atoms with Gasteiger partial charge in [-0.15, -0.1) is 0 Å². The molecule has 5 nitrogen and oxygen atoms in total. The number of pyridine rings is 1. The highest BCUT2D eigenvalue weighted by atomic mass is 35.5. The number of rotatable bonds is 7. The highest BCUT2D eigenvalue weighted by molar-refractivity contribution is 6.30. The van der Waals surface area contributed by atoms with E-state index in [2.05, 4.69) is 6.92 Å². The predicted octanol–water partition coefficient (Wildman–Crippen LogP) is 6.70. The summed E-state index contributed by atoms with van der Waals surface area (Å²) in [7, 11) is 1.59. The van der Waals surface area contributed by atoms with Crippen molar-refractivity contribution < 1.29 is 14.3 Å². The zero-order valence-electron chi connectivity index (χ0n) is 19.6. The Morgan fingerprint density at radius 2 is 1.68 bits per heavy atom. The van der Waals surface area contributed by atoms with Crippen molar-refractivity contribution >= 4 is 28.2 Å². The molecule has 6 heteroatoms. The summed E-state index contributed by atoms with van der Waals surface area (Å²) in [5, 5.41) is 2.17. The number of carbonyl (C=O) groups excluding carboxylic acids is 1. The average molecular weight is 476 g/mol. The highest BCUT2D eigenvalue weighted by Gasteiger charge is 2.18. The van der Waals surface area contributed by atoms with Gasteiger partial charge in [-0.05, 0) is 79.7 Å². The van der Waals surface area contributed by atoms with Gasteiger partial charge in [0.05, 0.1) is 18.9 Å². The molecule has 0 aliphatic rings. The van der Waals surface area contributed by atoms with Crippen LogP contribution in [0, 0.1) is 0 Å². The number of hydrogen-bond acceptors (Lipinski definition) is 4. The average Bonchev–Trinajstić information content (AvgIpc) is 2.83. The lowest BCUT2D eigenvalue weighted by molar-refractivity contribution is 0.101. The fourth-order valence-electron chi connectivity index (χ4n) is 3.87. The number of ether oxygens (including phenoxy) is 2. The zero-order chi connectivity index (χ0) is 24.4. The monoisotopic (exact) mass is 475 g/mol. The molecule has 4 rings (SSSR count). The number of carbonyl (C=O) groups is 1. The summed E-state index contributed by atoms with van der Waals surface area (Å²) in [6, 6.07) is 19.7. The molecule has 0 amide bonds. The first-order valence-electron chi connectivity index (χ1n) is 11.1. The largest absolute Gasteiger partial charge is 0.493 e. The van der Waals surface area contributed by atoms with Crippen LogP contribution in [0.5, 0.6) is 11.5 Å². The van der Waals surface area contributed by atoms with Gasteiger partial charge in [0, 0.05) is 27.7 Å². The maximum absolute atomic E-state index is 13.4. The smallest absolute Gasteiger partial charge is 0.256 e. The van der Waals surface area contributed by atoms with E-state index >= 15 is 0 Å². The summed E-state index contributed by atoms with van der Waals surface area (Å²) in [4.78, 5) is 25.2. The van der Waals surface area contributed by atoms with Crippen molar-refractivity contribution in [3.63, 3.8) is 0 Å². The van der Waals surface area contributed by atoms with Crippen molar-refractivity contribution in [2.24, 2.45) is 0 Å². The normalized spacial score (nSPS) is 11.9. The molecule has 0 spiro atoms. The number of Topliss-reactive ketones (excluding diaryl/α,β-unsaturated/α-hetero) is 1. The Kier molecular flexibility index (Phi) is 6.75. The summed E-state index contributed by atoms with van der Waals surface area (Å²) < 4.78 is 13.4. The molecule has 1 aromatic heterocycles. The SMILES string of the molecule is CC[C@@H](C)Oc1cc2c(-c3ccc(Cl)cc3)n(-c3ccc(C(C)=O)cc3)c(=O)cc2cc1OC. The van der Waals surface area contributed by atoms with Crippen LogP contribution in [-0.2, 0) is 0 Å². The van der Waals surface area contributed by atoms with Gasteiger partial charge in [0.25, 0.3) is 5.56 Å². The second-order valence-electron chi connectivity index (χ2n) is 8.20. The molecule has 0 fully saturated rings. The Balaban J connectivity index is 2.06. The first-order valence-corrected chi connectivity index (χ1v) is 11.5. The fourth-order valence-corrected chi connectivity index (χ4v) is 4.00. The van der Waals surface area contributed by atoms with Gasteiger partial charge in [-0.1, -0.05) is 30.7 Å². The van der Waals surface area contributed by atoms with Crippen molar-refractivity contribution in [1.82, 2.24) is 4.57 Å². The van der Waals surface area contributed by atoms with Crippen molar-refractivity contribution in [2.75, 3.05) is 7.11 Å². The predicted molar refractivity (Wildman–Crippen MR) is 137 cm³/mol. The molecule has 34 heavy (non-hydrogen) atoms. The molecule has 0 unspecified atom stereocenters. The number of aromatic nitrogens is 1. The molecule has 1 heterocycles. The van der Waals surface area contributed by atoms with Crippen LogP contribution in [-0.4, -0.2) is 23.6 Å². The Labute approximate surface area is 203 Å². The van der Waals surface area contributed by atoms with Crippen molar-refractivity contribution in [1.29, 1.82) is 0 Å². The third kappa shape index (κ3) is 4.57. The van der Waals surface area contributed by atoms with Gasteiger partial charge in [0.1, 0.15) is 0 Å². The maximum atomic E-state index is 13.4. The number of fused-ring (bicyclic) bond motifs is 1. The minimum absolute atomic E-state index is 0.00429. The van der Waals surface area contributed by atoms with Crippen LogP contribution in [0.2, 0.25) is 5.02 Å². The van der Waals surface area contributed by atoms with Crippen LogP contribution in [0.25, 0.3) is 27.7 Å². The molecule has 4 aromatic rings. The van der Waals surface area contributed by atoms with E-state index in [-0.39, 0.29) is 17.4 Å². The van der Waals surface area contributed by atoms with Gasteiger partial charge in [-0.3, -0.25) is 14.2 Å². The topological polar surface area (TPSA) is 57.5 Å². The Hall–Kier alpha value is -3.57. The molecule has 0 radical (unpaired) electrons. The summed E-state index contributed by atoms with van der Waals surface area (Å²) in [6.45, 7) is 5.57. The van der Waals surface area contributed by atoms with Gasteiger partial charge in [0.2, 0.25) is 0 Å². The standard InChI is InChI=1S/C28H26ClNO4/c1-5-17(2)34-26-16-24-21(14-25(26)33-4)15-27(32)30(23-12-8-19(9-13-23)18(3)31)28(24)20-6-10-22(29)11-7-20/h6-17H,5H2,1-4H3/t17-/m1/s1. The van der Waals surface area contributed by atoms with Crippen molar-refractivity contribution in [3.05, 3.63) is 87.7 Å². The van der Waals surface area contributed by atoms with E-state index in [9.17, 15) is 9.59 Å². The van der Waals surface area contributed by atoms with Crippen molar-refractivity contribution in [2.45, 2.75) is 33.3 Å². The van der Waals surface area contributed by atoms with Crippen LogP contribution in [0.4, 0.5) is 0 Å². The van der Waals surface area contributed by atoms with E-state index in [1.165, 1.54) is 6.92 Å². The fraction of sp³-hybridized carbons (Fsp3) is 0.214. The summed E-state index contributed by atoms with van der Waals surface area (Å²) >= 11 is 6.15. The van der Waals surface area contributed by atoms with Crippen LogP contribution in [0.1, 0.15) is 37.6 Å². The molecule has 0 N–H and O–H groups in total. The molecule has 0 bridgehead atoms. The minimum Gasteiger partial charge on any atom is -0.493 e. The highest BCUT2D eigenvalue weighted by Crippen LogP contribution is 2.38. The molecular weight excluding hydrogens is 450 g/mol. The Morgan fingerprint density at radius 3 is 2.26 bits per heavy atom. The third-order valence-corrected chi connectivity index (χ3v) is 6.12. The molecular formula is C28H26ClNO4. The number of nitrogens with zero attached hydrogens (tertiary/aromatic N) is 1. The van der Waals surface area contributed by atoms with E-state index in [0.29, 0.717) is 33.5 Å². The molecule has 1 atom stereocenters. The first kappa shape index (κ1) is 23.6. The molecule has 0 aliphatic carbocycles. The molecule has 0 aliphatic heterocycles. The summed E-state index contributed by atoms with van der Waals surface area (Å²) in [6.07, 6.45) is 0.836. The Bertz CT molecular complexity index is 1410. The van der Waals surface area contributed by atoms with E-state index < -0.39 is 0 Å². The van der Waals surface area contributed by atoms with Gasteiger partial charge in [-0.2, -0.15) is 0 Å². The second-order valence-corrected chi connectivity index (χ2v) is 8.64. The lowest BCUT2D eigenvalue weighted by Crippen LogP contribution is -2.20. The quantitative estimate of drug-likeness (QED) is 0.279. The van der Waals surface area contributed by atoms with Gasteiger partial charge in [-0.25, -0.2) is 0 Å². The van der Waals surface area contributed by atoms with E-state index in [4.69, 9.17) is 21.1 Å². The molecule has 3 aromatic carbocycles. The maximum Gasteiger partial charge on any atom is 0.256 e. The van der Waals surface area contributed by atoms with Crippen LogP contribution < -0.4 is 15.0 Å². The Morgan fingerprint density at radius 1 is 1.00 bits per heavy atom. The number of hydrogen-bond donors (Lipinski definition) is 0. The molecule has 0 saturated carbocycles. The number of ketones is 1. The summed E-state index contributed by atoms with van der Waals surface area (Å²) in [5.41, 5.74) is 2.56. The number of methoxy groups -OCH3 is 1. The van der Waals surface area contributed by atoms with Crippen LogP contribution >= 0.6 is 11.6 Å².